The van der Waals surface area contributed by atoms with Gasteiger partial charge in [0.1, 0.15) is 11.5 Å². The topological polar surface area (TPSA) is 47.9 Å². The molecule has 1 atom stereocenters. The molecular weight excluding hydrogens is 486 g/mol. The number of rotatable bonds is 4. The van der Waals surface area contributed by atoms with Crippen molar-refractivity contribution < 1.29 is 9.18 Å². The van der Waals surface area contributed by atoms with Crippen molar-refractivity contribution in [3.05, 3.63) is 93.7 Å². The van der Waals surface area contributed by atoms with Gasteiger partial charge in [-0.3, -0.25) is 20.2 Å². The number of nitrogens with zero attached hydrogens (tertiary/aromatic N) is 3. The quantitative estimate of drug-likeness (QED) is 0.476. The number of hydrogen-bond donors (Lipinski definition) is 1. The molecule has 1 N–H and O–H groups in total. The van der Waals surface area contributed by atoms with Crippen LogP contribution in [-0.4, -0.2) is 18.2 Å². The minimum absolute atomic E-state index is 0. The Bertz CT molecular complexity index is 1220. The summed E-state index contributed by atoms with van der Waals surface area (Å²) >= 11 is 12.5. The molecule has 0 saturated carbocycles. The molecule has 5 nitrogen and oxygen atoms in total. The van der Waals surface area contributed by atoms with Crippen LogP contribution in [0.4, 0.5) is 15.8 Å². The van der Waals surface area contributed by atoms with Crippen LogP contribution >= 0.6 is 35.6 Å². The Morgan fingerprint density at radius 1 is 1.03 bits per heavy atom. The van der Waals surface area contributed by atoms with Crippen molar-refractivity contribution in [1.29, 1.82) is 0 Å². The Hall–Kier alpha value is -2.80. The summed E-state index contributed by atoms with van der Waals surface area (Å²) in [7, 11) is 0. The fourth-order valence-corrected chi connectivity index (χ4v) is 4.62. The first-order valence-corrected chi connectivity index (χ1v) is 11.0. The monoisotopic (exact) mass is 504 g/mol. The molecule has 0 saturated heterocycles. The molecular formula is C24H20Cl3FN4O. The van der Waals surface area contributed by atoms with Gasteiger partial charge in [0, 0.05) is 18.0 Å². The van der Waals surface area contributed by atoms with Crippen LogP contribution in [0, 0.1) is 5.82 Å². The molecule has 5 rings (SSSR count). The van der Waals surface area contributed by atoms with Crippen molar-refractivity contribution in [1.82, 2.24) is 5.43 Å². The van der Waals surface area contributed by atoms with E-state index < -0.39 is 0 Å². The van der Waals surface area contributed by atoms with Crippen LogP contribution in [0.1, 0.15) is 23.6 Å². The highest BCUT2D eigenvalue weighted by molar-refractivity contribution is 6.40. The second kappa shape index (κ2) is 9.59. The van der Waals surface area contributed by atoms with Crippen LogP contribution in [0.2, 0.25) is 10.0 Å². The number of nitrogens with one attached hydrogen (secondary N) is 1. The highest BCUT2D eigenvalue weighted by atomic mass is 35.5. The van der Waals surface area contributed by atoms with Crippen LogP contribution in [0.25, 0.3) is 0 Å². The van der Waals surface area contributed by atoms with Gasteiger partial charge in [0.2, 0.25) is 0 Å². The van der Waals surface area contributed by atoms with E-state index in [1.54, 1.807) is 35.3 Å². The lowest BCUT2D eigenvalue weighted by atomic mass is 10.0. The fraction of sp³-hybridized carbons (Fsp3) is 0.167. The molecule has 1 amide bonds. The Morgan fingerprint density at radius 3 is 2.55 bits per heavy atom. The van der Waals surface area contributed by atoms with E-state index in [0.29, 0.717) is 34.4 Å². The first-order chi connectivity index (χ1) is 15.5. The van der Waals surface area contributed by atoms with Gasteiger partial charge in [0.05, 0.1) is 22.4 Å². The van der Waals surface area contributed by atoms with Crippen LogP contribution in [0.5, 0.6) is 0 Å². The summed E-state index contributed by atoms with van der Waals surface area (Å²) in [6.07, 6.45) is 1.22. The maximum absolute atomic E-state index is 13.5. The predicted molar refractivity (Wildman–Crippen MR) is 133 cm³/mol. The van der Waals surface area contributed by atoms with Crippen molar-refractivity contribution in [3.63, 3.8) is 0 Å². The van der Waals surface area contributed by atoms with Crippen molar-refractivity contribution in [2.24, 2.45) is 5.10 Å². The lowest BCUT2D eigenvalue weighted by Gasteiger charge is -2.25. The number of carbonyl (C=O) groups excluding carboxylic acids is 1. The molecule has 0 aliphatic carbocycles. The van der Waals surface area contributed by atoms with Crippen LogP contribution in [0.3, 0.4) is 0 Å². The van der Waals surface area contributed by atoms with Crippen molar-refractivity contribution in [2.45, 2.75) is 18.9 Å². The van der Waals surface area contributed by atoms with E-state index in [0.717, 1.165) is 17.7 Å². The normalized spacial score (nSPS) is 16.8. The summed E-state index contributed by atoms with van der Waals surface area (Å²) in [5.41, 5.74) is 6.99. The number of amides is 1. The third kappa shape index (κ3) is 4.64. The summed E-state index contributed by atoms with van der Waals surface area (Å²) in [4.78, 5) is 13.1. The number of hydrazone groups is 1. The van der Waals surface area contributed by atoms with E-state index in [1.165, 1.54) is 17.7 Å². The van der Waals surface area contributed by atoms with Crippen molar-refractivity contribution >= 4 is 58.6 Å². The second-order valence-corrected chi connectivity index (χ2v) is 8.57. The largest absolute Gasteiger partial charge is 0.286 e. The van der Waals surface area contributed by atoms with Gasteiger partial charge in [-0.2, -0.15) is 5.10 Å². The van der Waals surface area contributed by atoms with Crippen molar-refractivity contribution in [2.75, 3.05) is 16.6 Å². The Kier molecular flexibility index (Phi) is 6.79. The van der Waals surface area contributed by atoms with E-state index in [9.17, 15) is 9.18 Å². The summed E-state index contributed by atoms with van der Waals surface area (Å²) in [6.45, 7) is 0.701. The van der Waals surface area contributed by atoms with E-state index >= 15 is 0 Å². The first kappa shape index (κ1) is 23.4. The molecule has 2 aliphatic heterocycles. The van der Waals surface area contributed by atoms with Crippen LogP contribution < -0.4 is 15.4 Å². The van der Waals surface area contributed by atoms with E-state index in [4.69, 9.17) is 23.2 Å². The zero-order valence-electron chi connectivity index (χ0n) is 17.3. The maximum Gasteiger partial charge on any atom is 0.286 e. The molecule has 9 heteroatoms. The third-order valence-corrected chi connectivity index (χ3v) is 6.25. The van der Waals surface area contributed by atoms with Gasteiger partial charge in [0.15, 0.2) is 0 Å². The van der Waals surface area contributed by atoms with Crippen molar-refractivity contribution in [3.8, 4) is 0 Å². The molecule has 0 spiro atoms. The molecule has 0 fully saturated rings. The summed E-state index contributed by atoms with van der Waals surface area (Å²) in [6, 6.07) is 19.0. The zero-order chi connectivity index (χ0) is 22.2. The van der Waals surface area contributed by atoms with Crippen LogP contribution in [-0.2, 0) is 11.2 Å². The number of halogens is 4. The number of carbonyl (C=O) groups is 1. The Balaban J connectivity index is 0.00000259. The van der Waals surface area contributed by atoms with Gasteiger partial charge in [-0.05, 0) is 53.9 Å². The van der Waals surface area contributed by atoms with E-state index in [1.807, 2.05) is 23.2 Å². The summed E-state index contributed by atoms with van der Waals surface area (Å²) < 4.78 is 13.5. The molecule has 0 radical (unpaired) electrons. The summed E-state index contributed by atoms with van der Waals surface area (Å²) in [5.74, 6) is -0.601. The zero-order valence-corrected chi connectivity index (χ0v) is 19.7. The number of fused-ring (bicyclic) bond motifs is 1. The predicted octanol–water partition coefficient (Wildman–Crippen LogP) is 5.96. The molecule has 33 heavy (non-hydrogen) atoms. The number of hydrazine groups is 1. The number of hydrogen-bond acceptors (Lipinski definition) is 4. The molecule has 2 heterocycles. The maximum atomic E-state index is 13.5. The Morgan fingerprint density at radius 2 is 1.79 bits per heavy atom. The molecule has 170 valence electrons. The molecule has 1 unspecified atom stereocenters. The number of para-hydroxylation sites is 1. The SMILES string of the molecule is Cl.O=C(NN1CCc2ccccc21)C1=NN(c2ccc(Cl)cc2Cl)C(c2ccc(F)cc2)C1. The molecule has 0 aromatic heterocycles. The average Bonchev–Trinajstić information content (AvgIpc) is 3.39. The molecule has 3 aromatic carbocycles. The van der Waals surface area contributed by atoms with Gasteiger partial charge in [-0.25, -0.2) is 4.39 Å². The lowest BCUT2D eigenvalue weighted by molar-refractivity contribution is -0.115. The van der Waals surface area contributed by atoms with Gasteiger partial charge in [-0.1, -0.05) is 53.5 Å². The first-order valence-electron chi connectivity index (χ1n) is 10.2. The summed E-state index contributed by atoms with van der Waals surface area (Å²) in [5, 5.41) is 9.10. The highest BCUT2D eigenvalue weighted by Crippen LogP contribution is 2.39. The van der Waals surface area contributed by atoms with E-state index in [2.05, 4.69) is 16.6 Å². The molecule has 3 aromatic rings. The van der Waals surface area contributed by atoms with Crippen LogP contribution in [0.15, 0.2) is 71.8 Å². The fourth-order valence-electron chi connectivity index (χ4n) is 4.12. The number of benzene rings is 3. The molecule has 2 aliphatic rings. The smallest absolute Gasteiger partial charge is 0.285 e. The highest BCUT2D eigenvalue weighted by Gasteiger charge is 2.34. The lowest BCUT2D eigenvalue weighted by Crippen LogP contribution is -2.44. The molecule has 0 bridgehead atoms. The average molecular weight is 506 g/mol. The minimum Gasteiger partial charge on any atom is -0.285 e. The van der Waals surface area contributed by atoms with Gasteiger partial charge < -0.3 is 0 Å². The van der Waals surface area contributed by atoms with Gasteiger partial charge >= 0.3 is 0 Å². The van der Waals surface area contributed by atoms with Gasteiger partial charge in [0.25, 0.3) is 5.91 Å². The van der Waals surface area contributed by atoms with Gasteiger partial charge in [-0.15, -0.1) is 12.4 Å². The standard InChI is InChI=1S/C24H19Cl2FN4O.ClH/c25-17-7-10-22(19(26)13-17)31-23(16-5-8-18(27)9-6-16)14-20(28-31)24(32)29-30-12-11-15-3-1-2-4-21(15)30;/h1-10,13,23H,11-12,14H2,(H,29,32);1H. The van der Waals surface area contributed by atoms with E-state index in [-0.39, 0.29) is 30.2 Å². The number of anilines is 2. The minimum atomic E-state index is -0.325. The second-order valence-electron chi connectivity index (χ2n) is 7.73. The third-order valence-electron chi connectivity index (χ3n) is 5.71. The Labute approximate surface area is 207 Å².